The molecule has 16 heavy (non-hydrogen) atoms. The van der Waals surface area contributed by atoms with Crippen molar-refractivity contribution in [2.75, 3.05) is 0 Å². The van der Waals surface area contributed by atoms with Gasteiger partial charge in [-0.1, -0.05) is 12.1 Å². The third-order valence-corrected chi connectivity index (χ3v) is 3.18. The Morgan fingerprint density at radius 1 is 1.25 bits per heavy atom. The van der Waals surface area contributed by atoms with Crippen molar-refractivity contribution in [3.8, 4) is 10.4 Å². The third kappa shape index (κ3) is 2.09. The standard InChI is InChI=1S/C11H8F3NS/c1-7-10(16-6-15-7)8-3-2-4-9(5-8)11(12,13)14/h2-6H,1H3. The van der Waals surface area contributed by atoms with Crippen LogP contribution in [0.1, 0.15) is 11.3 Å². The molecule has 0 spiro atoms. The van der Waals surface area contributed by atoms with Crippen molar-refractivity contribution in [2.24, 2.45) is 0 Å². The maximum absolute atomic E-state index is 12.5. The lowest BCUT2D eigenvalue weighted by molar-refractivity contribution is -0.137. The van der Waals surface area contributed by atoms with Gasteiger partial charge < -0.3 is 0 Å². The lowest BCUT2D eigenvalue weighted by Crippen LogP contribution is -2.04. The quantitative estimate of drug-likeness (QED) is 0.733. The fourth-order valence-electron chi connectivity index (χ4n) is 1.42. The van der Waals surface area contributed by atoms with E-state index in [4.69, 9.17) is 0 Å². The van der Waals surface area contributed by atoms with Crippen LogP contribution in [-0.4, -0.2) is 4.98 Å². The topological polar surface area (TPSA) is 12.9 Å². The Labute approximate surface area is 94.6 Å². The number of nitrogens with zero attached hydrogens (tertiary/aromatic N) is 1. The highest BCUT2D eigenvalue weighted by Crippen LogP contribution is 2.34. The van der Waals surface area contributed by atoms with Crippen molar-refractivity contribution in [1.82, 2.24) is 4.98 Å². The van der Waals surface area contributed by atoms with E-state index in [0.717, 1.165) is 22.7 Å². The number of benzene rings is 1. The van der Waals surface area contributed by atoms with E-state index in [9.17, 15) is 13.2 Å². The van der Waals surface area contributed by atoms with Gasteiger partial charge in [-0.2, -0.15) is 13.2 Å². The summed E-state index contributed by atoms with van der Waals surface area (Å²) < 4.78 is 37.5. The molecule has 2 aromatic rings. The monoisotopic (exact) mass is 243 g/mol. The first-order valence-corrected chi connectivity index (χ1v) is 5.44. The molecule has 1 aromatic carbocycles. The highest BCUT2D eigenvalue weighted by molar-refractivity contribution is 7.13. The van der Waals surface area contributed by atoms with Crippen molar-refractivity contribution in [2.45, 2.75) is 13.1 Å². The zero-order valence-electron chi connectivity index (χ0n) is 8.38. The minimum Gasteiger partial charge on any atom is -0.249 e. The van der Waals surface area contributed by atoms with E-state index in [-0.39, 0.29) is 0 Å². The van der Waals surface area contributed by atoms with E-state index in [1.165, 1.54) is 17.4 Å². The summed E-state index contributed by atoms with van der Waals surface area (Å²) >= 11 is 1.34. The van der Waals surface area contributed by atoms with E-state index in [1.54, 1.807) is 18.5 Å². The van der Waals surface area contributed by atoms with Gasteiger partial charge in [-0.15, -0.1) is 11.3 Å². The van der Waals surface area contributed by atoms with Gasteiger partial charge in [-0.3, -0.25) is 0 Å². The molecule has 0 aliphatic heterocycles. The summed E-state index contributed by atoms with van der Waals surface area (Å²) in [5.74, 6) is 0. The molecule has 0 unspecified atom stereocenters. The molecule has 0 atom stereocenters. The smallest absolute Gasteiger partial charge is 0.249 e. The van der Waals surface area contributed by atoms with Crippen LogP contribution in [0.4, 0.5) is 13.2 Å². The molecule has 1 nitrogen and oxygen atoms in total. The van der Waals surface area contributed by atoms with Crippen LogP contribution in [0.2, 0.25) is 0 Å². The second-order valence-corrected chi connectivity index (χ2v) is 4.20. The van der Waals surface area contributed by atoms with Crippen molar-refractivity contribution in [3.05, 3.63) is 41.0 Å². The lowest BCUT2D eigenvalue weighted by atomic mass is 10.1. The first-order chi connectivity index (χ1) is 7.48. The second-order valence-electron chi connectivity index (χ2n) is 3.35. The number of aryl methyl sites for hydroxylation is 1. The Morgan fingerprint density at radius 3 is 2.56 bits per heavy atom. The van der Waals surface area contributed by atoms with Crippen LogP contribution in [-0.2, 0) is 6.18 Å². The number of hydrogen-bond acceptors (Lipinski definition) is 2. The number of aromatic nitrogens is 1. The SMILES string of the molecule is Cc1ncsc1-c1cccc(C(F)(F)F)c1. The van der Waals surface area contributed by atoms with Crippen molar-refractivity contribution in [3.63, 3.8) is 0 Å². The fraction of sp³-hybridized carbons (Fsp3) is 0.182. The maximum atomic E-state index is 12.5. The normalized spacial score (nSPS) is 11.8. The zero-order valence-corrected chi connectivity index (χ0v) is 9.19. The average Bonchev–Trinajstić information content (AvgIpc) is 2.63. The summed E-state index contributed by atoms with van der Waals surface area (Å²) in [6.07, 6.45) is -4.30. The Balaban J connectivity index is 2.49. The molecule has 0 saturated carbocycles. The third-order valence-electron chi connectivity index (χ3n) is 2.20. The summed E-state index contributed by atoms with van der Waals surface area (Å²) in [5, 5.41) is 0. The first-order valence-electron chi connectivity index (χ1n) is 4.56. The number of thiazole rings is 1. The number of alkyl halides is 3. The molecule has 2 rings (SSSR count). The van der Waals surface area contributed by atoms with Gasteiger partial charge in [0.2, 0.25) is 0 Å². The van der Waals surface area contributed by atoms with Gasteiger partial charge in [0.25, 0.3) is 0 Å². The van der Waals surface area contributed by atoms with Crippen LogP contribution in [0.3, 0.4) is 0 Å². The molecule has 0 radical (unpaired) electrons. The lowest BCUT2D eigenvalue weighted by Gasteiger charge is -2.07. The Hall–Kier alpha value is -1.36. The van der Waals surface area contributed by atoms with E-state index in [1.807, 2.05) is 0 Å². The van der Waals surface area contributed by atoms with Crippen molar-refractivity contribution >= 4 is 11.3 Å². The van der Waals surface area contributed by atoms with E-state index < -0.39 is 11.7 Å². The Kier molecular flexibility index (Phi) is 2.71. The number of halogens is 3. The fourth-order valence-corrected chi connectivity index (χ4v) is 2.22. The molecule has 5 heteroatoms. The first kappa shape index (κ1) is 11.1. The largest absolute Gasteiger partial charge is 0.416 e. The predicted octanol–water partition coefficient (Wildman–Crippen LogP) is 4.14. The molecule has 0 fully saturated rings. The van der Waals surface area contributed by atoms with Crippen LogP contribution in [0.5, 0.6) is 0 Å². The van der Waals surface area contributed by atoms with Gasteiger partial charge in [0.05, 0.1) is 21.6 Å². The Morgan fingerprint density at radius 2 is 2.00 bits per heavy atom. The molecule has 1 heterocycles. The minimum atomic E-state index is -4.30. The minimum absolute atomic E-state index is 0.565. The number of rotatable bonds is 1. The molecular formula is C11H8F3NS. The van der Waals surface area contributed by atoms with Gasteiger partial charge in [-0.05, 0) is 24.6 Å². The van der Waals surface area contributed by atoms with Gasteiger partial charge in [0.15, 0.2) is 0 Å². The molecule has 0 N–H and O–H groups in total. The summed E-state index contributed by atoms with van der Waals surface area (Å²) in [5.41, 5.74) is 2.32. The van der Waals surface area contributed by atoms with Crippen LogP contribution in [0.15, 0.2) is 29.8 Å². The van der Waals surface area contributed by atoms with Crippen LogP contribution >= 0.6 is 11.3 Å². The molecular weight excluding hydrogens is 235 g/mol. The van der Waals surface area contributed by atoms with Crippen molar-refractivity contribution < 1.29 is 13.2 Å². The van der Waals surface area contributed by atoms with Crippen LogP contribution in [0.25, 0.3) is 10.4 Å². The highest BCUT2D eigenvalue weighted by Gasteiger charge is 2.30. The number of hydrogen-bond donors (Lipinski definition) is 0. The van der Waals surface area contributed by atoms with Gasteiger partial charge >= 0.3 is 6.18 Å². The van der Waals surface area contributed by atoms with Crippen LogP contribution in [0, 0.1) is 6.92 Å². The molecule has 0 bridgehead atoms. The van der Waals surface area contributed by atoms with Crippen LogP contribution < -0.4 is 0 Å². The van der Waals surface area contributed by atoms with Gasteiger partial charge in [-0.25, -0.2) is 4.98 Å². The van der Waals surface area contributed by atoms with E-state index in [2.05, 4.69) is 4.98 Å². The maximum Gasteiger partial charge on any atom is 0.416 e. The molecule has 1 aromatic heterocycles. The highest BCUT2D eigenvalue weighted by atomic mass is 32.1. The molecule has 0 aliphatic rings. The molecule has 0 saturated heterocycles. The van der Waals surface area contributed by atoms with E-state index >= 15 is 0 Å². The van der Waals surface area contributed by atoms with Gasteiger partial charge in [0, 0.05) is 0 Å². The average molecular weight is 243 g/mol. The molecule has 0 amide bonds. The summed E-state index contributed by atoms with van der Waals surface area (Å²) in [4.78, 5) is 4.81. The van der Waals surface area contributed by atoms with Gasteiger partial charge in [0.1, 0.15) is 0 Å². The second kappa shape index (κ2) is 3.90. The summed E-state index contributed by atoms with van der Waals surface area (Å²) in [6.45, 7) is 1.78. The van der Waals surface area contributed by atoms with E-state index in [0.29, 0.717) is 5.56 Å². The van der Waals surface area contributed by atoms with Crippen molar-refractivity contribution in [1.29, 1.82) is 0 Å². The molecule has 0 aliphatic carbocycles. The summed E-state index contributed by atoms with van der Waals surface area (Å²) in [6, 6.07) is 5.30. The Bertz CT molecular complexity index is 502. The predicted molar refractivity (Wildman–Crippen MR) is 57.3 cm³/mol. The zero-order chi connectivity index (χ0) is 11.8. The molecule has 84 valence electrons. The summed E-state index contributed by atoms with van der Waals surface area (Å²) in [7, 11) is 0.